The highest BCUT2D eigenvalue weighted by molar-refractivity contribution is 6.32. The van der Waals surface area contributed by atoms with E-state index in [0.717, 1.165) is 25.9 Å². The van der Waals surface area contributed by atoms with Crippen molar-refractivity contribution in [2.24, 2.45) is 17.8 Å². The maximum Gasteiger partial charge on any atom is 0.426 e. The third-order valence-corrected chi connectivity index (χ3v) is 7.71. The summed E-state index contributed by atoms with van der Waals surface area (Å²) in [5.74, 6) is -1.29. The van der Waals surface area contributed by atoms with Crippen LogP contribution in [-0.2, 0) is 4.79 Å². The first kappa shape index (κ1) is 27.5. The summed E-state index contributed by atoms with van der Waals surface area (Å²) in [7, 11) is 3.30. The van der Waals surface area contributed by atoms with Gasteiger partial charge in [-0.05, 0) is 49.7 Å². The second-order valence-corrected chi connectivity index (χ2v) is 10.4. The number of piperidine rings is 2. The van der Waals surface area contributed by atoms with Crippen molar-refractivity contribution in [3.63, 3.8) is 0 Å². The van der Waals surface area contributed by atoms with Gasteiger partial charge in [0, 0.05) is 46.2 Å². The maximum absolute atomic E-state index is 13.5. The quantitative estimate of drug-likeness (QED) is 0.599. The van der Waals surface area contributed by atoms with Gasteiger partial charge in [-0.1, -0.05) is 25.4 Å². The molecule has 11 heteroatoms. The van der Waals surface area contributed by atoms with E-state index >= 15 is 0 Å². The van der Waals surface area contributed by atoms with Crippen LogP contribution in [0.25, 0.3) is 0 Å². The molecule has 0 unspecified atom stereocenters. The van der Waals surface area contributed by atoms with E-state index in [9.17, 15) is 27.9 Å². The van der Waals surface area contributed by atoms with E-state index in [0.29, 0.717) is 36.1 Å². The summed E-state index contributed by atoms with van der Waals surface area (Å²) in [6.45, 7) is 4.37. The lowest BCUT2D eigenvalue weighted by molar-refractivity contribution is -0.270. The Kier molecular flexibility index (Phi) is 8.26. The van der Waals surface area contributed by atoms with E-state index < -0.39 is 23.6 Å². The van der Waals surface area contributed by atoms with Crippen molar-refractivity contribution >= 4 is 29.2 Å². The molecule has 2 aliphatic heterocycles. The number of rotatable bonds is 5. The van der Waals surface area contributed by atoms with Crippen molar-refractivity contribution in [3.8, 4) is 0 Å². The molecule has 2 saturated heterocycles. The fraction of sp³-hybridized carbons (Fsp3) is 0.708. The minimum Gasteiger partial charge on any atom is -0.372 e. The lowest BCUT2D eigenvalue weighted by atomic mass is 9.78. The second-order valence-electron chi connectivity index (χ2n) is 10.1. The molecule has 1 N–H and O–H groups in total. The van der Waals surface area contributed by atoms with E-state index in [2.05, 4.69) is 9.88 Å². The third kappa shape index (κ3) is 5.53. The van der Waals surface area contributed by atoms with Crippen molar-refractivity contribution < 1.29 is 27.9 Å². The SMILES string of the molecule is CC(C)[C@@](O)(C(=O)N1CCC(C2CCN(c3ccc(C(=O)N(C)C)c(Cl)n3)CC2)CC1)C(F)(F)F. The first-order valence-corrected chi connectivity index (χ1v) is 12.4. The summed E-state index contributed by atoms with van der Waals surface area (Å²) in [6.07, 6.45) is -1.98. The number of amides is 2. The normalized spacial score (nSPS) is 20.2. The number of alkyl halides is 3. The van der Waals surface area contributed by atoms with Crippen LogP contribution < -0.4 is 4.90 Å². The van der Waals surface area contributed by atoms with Gasteiger partial charge in [-0.25, -0.2) is 4.98 Å². The van der Waals surface area contributed by atoms with Crippen molar-refractivity contribution in [2.75, 3.05) is 45.2 Å². The molecule has 0 aromatic carbocycles. The van der Waals surface area contributed by atoms with E-state index in [1.54, 1.807) is 26.2 Å². The van der Waals surface area contributed by atoms with Crippen LogP contribution in [0.1, 0.15) is 49.9 Å². The fourth-order valence-corrected chi connectivity index (χ4v) is 5.34. The summed E-state index contributed by atoms with van der Waals surface area (Å²) < 4.78 is 40.5. The predicted molar refractivity (Wildman–Crippen MR) is 127 cm³/mol. The summed E-state index contributed by atoms with van der Waals surface area (Å²) in [5, 5.41) is 10.4. The van der Waals surface area contributed by atoms with E-state index in [-0.39, 0.29) is 24.1 Å². The van der Waals surface area contributed by atoms with Gasteiger partial charge in [-0.3, -0.25) is 9.59 Å². The molecule has 35 heavy (non-hydrogen) atoms. The van der Waals surface area contributed by atoms with Gasteiger partial charge >= 0.3 is 6.18 Å². The van der Waals surface area contributed by atoms with Crippen LogP contribution >= 0.6 is 11.6 Å². The Morgan fingerprint density at radius 1 is 1.06 bits per heavy atom. The van der Waals surface area contributed by atoms with Gasteiger partial charge in [0.25, 0.3) is 11.8 Å². The molecule has 0 spiro atoms. The Balaban J connectivity index is 1.55. The van der Waals surface area contributed by atoms with E-state index in [1.165, 1.54) is 23.6 Å². The Labute approximate surface area is 209 Å². The lowest BCUT2D eigenvalue weighted by Crippen LogP contribution is -2.62. The summed E-state index contributed by atoms with van der Waals surface area (Å²) in [5.41, 5.74) is -3.00. The monoisotopic (exact) mass is 518 g/mol. The minimum atomic E-state index is -5.02. The molecule has 0 radical (unpaired) electrons. The molecule has 3 rings (SSSR count). The summed E-state index contributed by atoms with van der Waals surface area (Å²) in [4.78, 5) is 33.9. The molecule has 1 aromatic heterocycles. The molecule has 2 amide bonds. The highest BCUT2D eigenvalue weighted by Gasteiger charge is 2.62. The summed E-state index contributed by atoms with van der Waals surface area (Å²) in [6, 6.07) is 3.48. The molecule has 7 nitrogen and oxygen atoms in total. The highest BCUT2D eigenvalue weighted by Crippen LogP contribution is 2.40. The largest absolute Gasteiger partial charge is 0.426 e. The number of nitrogens with zero attached hydrogens (tertiary/aromatic N) is 4. The number of aliphatic hydroxyl groups is 1. The van der Waals surface area contributed by atoms with Crippen LogP contribution in [-0.4, -0.2) is 83.8 Å². The smallest absolute Gasteiger partial charge is 0.372 e. The lowest BCUT2D eigenvalue weighted by Gasteiger charge is -2.43. The molecule has 2 fully saturated rings. The minimum absolute atomic E-state index is 0.167. The van der Waals surface area contributed by atoms with Gasteiger partial charge in [0.1, 0.15) is 11.0 Å². The van der Waals surface area contributed by atoms with Gasteiger partial charge in [-0.15, -0.1) is 0 Å². The molecular weight excluding hydrogens is 485 g/mol. The fourth-order valence-electron chi connectivity index (χ4n) is 5.11. The second kappa shape index (κ2) is 10.5. The van der Waals surface area contributed by atoms with Crippen molar-refractivity contribution in [1.82, 2.24) is 14.8 Å². The van der Waals surface area contributed by atoms with E-state index in [1.807, 2.05) is 0 Å². The molecule has 196 valence electrons. The number of likely N-dealkylation sites (tertiary alicyclic amines) is 1. The van der Waals surface area contributed by atoms with Crippen LogP contribution in [0, 0.1) is 17.8 Å². The van der Waals surface area contributed by atoms with Crippen molar-refractivity contribution in [3.05, 3.63) is 22.8 Å². The third-order valence-electron chi connectivity index (χ3n) is 7.42. The van der Waals surface area contributed by atoms with Crippen LogP contribution in [0.4, 0.5) is 19.0 Å². The molecule has 2 aliphatic rings. The number of carbonyl (C=O) groups excluding carboxylic acids is 2. The van der Waals surface area contributed by atoms with Gasteiger partial charge in [0.05, 0.1) is 5.56 Å². The Morgan fingerprint density at radius 3 is 2.00 bits per heavy atom. The highest BCUT2D eigenvalue weighted by atomic mass is 35.5. The van der Waals surface area contributed by atoms with Crippen molar-refractivity contribution in [2.45, 2.75) is 51.3 Å². The number of carbonyl (C=O) groups is 2. The van der Waals surface area contributed by atoms with Gasteiger partial charge in [0.15, 0.2) is 0 Å². The Morgan fingerprint density at radius 2 is 1.57 bits per heavy atom. The zero-order valence-electron chi connectivity index (χ0n) is 20.6. The average Bonchev–Trinajstić information content (AvgIpc) is 2.81. The Bertz CT molecular complexity index is 927. The van der Waals surface area contributed by atoms with Gasteiger partial charge < -0.3 is 19.8 Å². The molecule has 3 heterocycles. The molecular formula is C24H34ClF3N4O3. The number of hydrogen-bond donors (Lipinski definition) is 1. The maximum atomic E-state index is 13.5. The number of pyridine rings is 1. The first-order chi connectivity index (χ1) is 16.3. The molecule has 0 bridgehead atoms. The number of hydrogen-bond acceptors (Lipinski definition) is 5. The standard InChI is InChI=1S/C24H34ClF3N4O3/c1-15(2)23(35,24(26,27)28)22(34)32-13-9-17(10-14-32)16-7-11-31(12-8-16)19-6-5-18(20(25)29-19)21(33)30(3)4/h5-6,15-17,35H,7-14H2,1-4H3/t23-/m1/s1. The average molecular weight is 519 g/mol. The predicted octanol–water partition coefficient (Wildman–Crippen LogP) is 3.84. The molecule has 0 aliphatic carbocycles. The topological polar surface area (TPSA) is 77.0 Å². The van der Waals surface area contributed by atoms with Gasteiger partial charge in [-0.2, -0.15) is 13.2 Å². The van der Waals surface area contributed by atoms with E-state index in [4.69, 9.17) is 11.6 Å². The van der Waals surface area contributed by atoms with Crippen LogP contribution in [0.2, 0.25) is 5.15 Å². The van der Waals surface area contributed by atoms with Crippen LogP contribution in [0.5, 0.6) is 0 Å². The molecule has 0 saturated carbocycles. The Hall–Kier alpha value is -2.07. The van der Waals surface area contributed by atoms with Crippen LogP contribution in [0.15, 0.2) is 12.1 Å². The number of aromatic nitrogens is 1. The first-order valence-electron chi connectivity index (χ1n) is 12.0. The molecule has 1 aromatic rings. The molecule has 1 atom stereocenters. The zero-order valence-corrected chi connectivity index (χ0v) is 21.4. The van der Waals surface area contributed by atoms with Crippen LogP contribution in [0.3, 0.4) is 0 Å². The number of anilines is 1. The van der Waals surface area contributed by atoms with Gasteiger partial charge in [0.2, 0.25) is 5.60 Å². The van der Waals surface area contributed by atoms with Crippen molar-refractivity contribution in [1.29, 1.82) is 0 Å². The number of halogens is 4. The zero-order chi connectivity index (χ0) is 26.1. The summed E-state index contributed by atoms with van der Waals surface area (Å²) >= 11 is 6.25.